The van der Waals surface area contributed by atoms with E-state index in [1.165, 1.54) is 0 Å². The lowest BCUT2D eigenvalue weighted by atomic mass is 10.1. The van der Waals surface area contributed by atoms with Crippen LogP contribution in [-0.2, 0) is 11.3 Å². The van der Waals surface area contributed by atoms with E-state index in [1.807, 2.05) is 60.9 Å². The van der Waals surface area contributed by atoms with Crippen molar-refractivity contribution in [3.8, 4) is 11.8 Å². The fraction of sp³-hybridized carbons (Fsp3) is 0.125. The average Bonchev–Trinajstić information content (AvgIpc) is 3.03. The minimum absolute atomic E-state index is 0.0207. The Morgan fingerprint density at radius 3 is 2.37 bits per heavy atom. The smallest absolute Gasteiger partial charge is 0.335 e. The Balaban J connectivity index is 1.85. The summed E-state index contributed by atoms with van der Waals surface area (Å²) in [6.45, 7) is 4.14. The Kier molecular flexibility index (Phi) is 6.14. The maximum absolute atomic E-state index is 12.5. The predicted molar refractivity (Wildman–Crippen MR) is 114 cm³/mol. The number of carbonyl (C=O) groups excluding carboxylic acids is 1. The molecule has 0 fully saturated rings. The van der Waals surface area contributed by atoms with Crippen molar-refractivity contribution in [1.82, 2.24) is 9.88 Å². The third-order valence-corrected chi connectivity index (χ3v) is 4.80. The molecule has 0 aliphatic heterocycles. The molecule has 150 valence electrons. The lowest BCUT2D eigenvalue weighted by molar-refractivity contribution is -0.117. The van der Waals surface area contributed by atoms with E-state index in [9.17, 15) is 14.9 Å². The number of carboxylic acids is 1. The number of hydrogen-bond donors (Lipinski definition) is 2. The summed E-state index contributed by atoms with van der Waals surface area (Å²) in [5.74, 6) is -1.41. The zero-order chi connectivity index (χ0) is 21.7. The molecule has 30 heavy (non-hydrogen) atoms. The van der Waals surface area contributed by atoms with E-state index in [4.69, 9.17) is 5.11 Å². The highest BCUT2D eigenvalue weighted by atomic mass is 16.4. The number of nitrogens with one attached hydrogen (secondary N) is 1. The third kappa shape index (κ3) is 4.47. The first kappa shape index (κ1) is 20.6. The Bertz CT molecular complexity index is 1150. The van der Waals surface area contributed by atoms with Crippen molar-refractivity contribution in [2.75, 3.05) is 0 Å². The highest BCUT2D eigenvalue weighted by Gasteiger charge is 2.14. The maximum Gasteiger partial charge on any atom is 0.335 e. The Hall–Kier alpha value is -4.11. The van der Waals surface area contributed by atoms with Crippen LogP contribution in [0.5, 0.6) is 0 Å². The number of aryl methyl sites for hydroxylation is 1. The lowest BCUT2D eigenvalue weighted by Gasteiger charge is -2.10. The summed E-state index contributed by atoms with van der Waals surface area (Å²) in [6, 6.07) is 19.9. The molecule has 1 amide bonds. The summed E-state index contributed by atoms with van der Waals surface area (Å²) in [6.07, 6.45) is 1.57. The molecule has 0 saturated heterocycles. The first-order chi connectivity index (χ1) is 14.4. The van der Waals surface area contributed by atoms with E-state index in [0.29, 0.717) is 6.54 Å². The normalized spacial score (nSPS) is 11.0. The Morgan fingerprint density at radius 2 is 1.77 bits per heavy atom. The minimum atomic E-state index is -0.980. The fourth-order valence-corrected chi connectivity index (χ4v) is 3.26. The van der Waals surface area contributed by atoms with Gasteiger partial charge >= 0.3 is 5.97 Å². The van der Waals surface area contributed by atoms with Gasteiger partial charge < -0.3 is 15.0 Å². The van der Waals surface area contributed by atoms with E-state index < -0.39 is 11.9 Å². The second kappa shape index (κ2) is 8.93. The van der Waals surface area contributed by atoms with Crippen molar-refractivity contribution in [3.63, 3.8) is 0 Å². The molecule has 6 nitrogen and oxygen atoms in total. The summed E-state index contributed by atoms with van der Waals surface area (Å²) < 4.78 is 1.95. The Morgan fingerprint density at radius 1 is 1.10 bits per heavy atom. The van der Waals surface area contributed by atoms with Crippen LogP contribution in [0.25, 0.3) is 11.8 Å². The maximum atomic E-state index is 12.5. The highest BCUT2D eigenvalue weighted by molar-refractivity contribution is 6.01. The van der Waals surface area contributed by atoms with Crippen LogP contribution in [-0.4, -0.2) is 21.6 Å². The summed E-state index contributed by atoms with van der Waals surface area (Å²) in [4.78, 5) is 23.5. The third-order valence-electron chi connectivity index (χ3n) is 4.80. The van der Waals surface area contributed by atoms with Crippen LogP contribution in [0.15, 0.2) is 66.2 Å². The van der Waals surface area contributed by atoms with Crippen molar-refractivity contribution in [2.45, 2.75) is 20.4 Å². The SMILES string of the molecule is Cc1cc(/C=C(/C#N)C(=O)NCc2ccccc2)c(C)n1-c1ccc(C(=O)O)cc1. The van der Waals surface area contributed by atoms with E-state index in [0.717, 1.165) is 28.2 Å². The van der Waals surface area contributed by atoms with Gasteiger partial charge in [-0.25, -0.2) is 4.79 Å². The first-order valence-corrected chi connectivity index (χ1v) is 9.37. The largest absolute Gasteiger partial charge is 0.478 e. The van der Waals surface area contributed by atoms with Crippen molar-refractivity contribution < 1.29 is 14.7 Å². The molecule has 2 N–H and O–H groups in total. The predicted octanol–water partition coefficient (Wildman–Crippen LogP) is 4.02. The minimum Gasteiger partial charge on any atom is -0.478 e. The van der Waals surface area contributed by atoms with Crippen LogP contribution in [0.2, 0.25) is 0 Å². The monoisotopic (exact) mass is 399 g/mol. The first-order valence-electron chi connectivity index (χ1n) is 9.37. The molecule has 3 aromatic rings. The molecule has 0 aliphatic rings. The van der Waals surface area contributed by atoms with Crippen LogP contribution in [0.1, 0.15) is 32.9 Å². The van der Waals surface area contributed by atoms with E-state index in [2.05, 4.69) is 5.32 Å². The molecule has 0 saturated carbocycles. The number of nitrogens with zero attached hydrogens (tertiary/aromatic N) is 2. The fourth-order valence-electron chi connectivity index (χ4n) is 3.26. The van der Waals surface area contributed by atoms with Crippen LogP contribution in [0.4, 0.5) is 0 Å². The number of hydrogen-bond acceptors (Lipinski definition) is 3. The molecule has 0 radical (unpaired) electrons. The summed E-state index contributed by atoms with van der Waals surface area (Å²) in [5.41, 5.74) is 4.49. The van der Waals surface area contributed by atoms with Crippen molar-refractivity contribution in [2.24, 2.45) is 0 Å². The quantitative estimate of drug-likeness (QED) is 0.483. The number of carbonyl (C=O) groups is 2. The lowest BCUT2D eigenvalue weighted by Crippen LogP contribution is -2.23. The van der Waals surface area contributed by atoms with E-state index >= 15 is 0 Å². The van der Waals surface area contributed by atoms with Gasteiger partial charge in [0.2, 0.25) is 0 Å². The number of amides is 1. The number of benzene rings is 2. The van der Waals surface area contributed by atoms with Gasteiger partial charge in [0, 0.05) is 23.6 Å². The van der Waals surface area contributed by atoms with Gasteiger partial charge in [-0.15, -0.1) is 0 Å². The van der Waals surface area contributed by atoms with Gasteiger partial charge in [0.15, 0.2) is 0 Å². The molecule has 0 atom stereocenters. The average molecular weight is 399 g/mol. The topological polar surface area (TPSA) is 95.1 Å². The van der Waals surface area contributed by atoms with Crippen molar-refractivity contribution in [3.05, 3.63) is 94.3 Å². The zero-order valence-electron chi connectivity index (χ0n) is 16.7. The summed E-state index contributed by atoms with van der Waals surface area (Å²) >= 11 is 0. The van der Waals surface area contributed by atoms with Gasteiger partial charge in [-0.1, -0.05) is 30.3 Å². The number of carboxylic acid groups (broad SMARTS) is 1. The highest BCUT2D eigenvalue weighted by Crippen LogP contribution is 2.23. The molecule has 3 rings (SSSR count). The molecular weight excluding hydrogens is 378 g/mol. The summed E-state index contributed by atoms with van der Waals surface area (Å²) in [7, 11) is 0. The van der Waals surface area contributed by atoms with Crippen LogP contribution in [0, 0.1) is 25.2 Å². The van der Waals surface area contributed by atoms with Gasteiger partial charge in [-0.2, -0.15) is 5.26 Å². The van der Waals surface area contributed by atoms with Gasteiger partial charge in [0.1, 0.15) is 11.6 Å². The number of aromatic nitrogens is 1. The van der Waals surface area contributed by atoms with Crippen LogP contribution < -0.4 is 5.32 Å². The number of aromatic carboxylic acids is 1. The second-order valence-corrected chi connectivity index (χ2v) is 6.85. The number of rotatable bonds is 6. The standard InChI is InChI=1S/C24H21N3O3/c1-16-12-20(17(2)27(16)22-10-8-19(9-11-22)24(29)30)13-21(14-25)23(28)26-15-18-6-4-3-5-7-18/h3-13H,15H2,1-2H3,(H,26,28)(H,29,30)/b21-13-. The Labute approximate surface area is 174 Å². The molecule has 0 aliphatic carbocycles. The molecule has 2 aromatic carbocycles. The number of nitriles is 1. The molecule has 0 unspecified atom stereocenters. The van der Waals surface area contributed by atoms with Crippen molar-refractivity contribution in [1.29, 1.82) is 5.26 Å². The molecule has 0 spiro atoms. The van der Waals surface area contributed by atoms with Crippen LogP contribution >= 0.6 is 0 Å². The van der Waals surface area contributed by atoms with E-state index in [1.54, 1.807) is 30.3 Å². The summed E-state index contributed by atoms with van der Waals surface area (Å²) in [5, 5.41) is 21.3. The van der Waals surface area contributed by atoms with Gasteiger partial charge in [-0.05, 0) is 61.4 Å². The van der Waals surface area contributed by atoms with E-state index in [-0.39, 0.29) is 11.1 Å². The van der Waals surface area contributed by atoms with Gasteiger partial charge in [0.25, 0.3) is 5.91 Å². The second-order valence-electron chi connectivity index (χ2n) is 6.85. The van der Waals surface area contributed by atoms with Gasteiger partial charge in [0.05, 0.1) is 5.56 Å². The molecule has 1 heterocycles. The molecule has 6 heteroatoms. The van der Waals surface area contributed by atoms with Crippen LogP contribution in [0.3, 0.4) is 0 Å². The zero-order valence-corrected chi connectivity index (χ0v) is 16.7. The van der Waals surface area contributed by atoms with Crippen molar-refractivity contribution >= 4 is 18.0 Å². The molecular formula is C24H21N3O3. The molecule has 0 bridgehead atoms. The molecule has 1 aromatic heterocycles. The van der Waals surface area contributed by atoms with Gasteiger partial charge in [-0.3, -0.25) is 4.79 Å².